The zero-order chi connectivity index (χ0) is 16.8. The number of amides is 1. The molecule has 2 heterocycles. The standard InChI is InChI=1S/C17H19N3O4/c1-22-8-2-6-18-12-5-7-19-14(9-12)17(21)20-13-3-4-15-16(10-13)24-11-23-15/h3-5,7,9-10H,2,6,8,11H2,1H3,(H,18,19)(H,20,21). The van der Waals surface area contributed by atoms with Crippen molar-refractivity contribution in [2.75, 3.05) is 37.7 Å². The Labute approximate surface area is 139 Å². The van der Waals surface area contributed by atoms with Gasteiger partial charge in [-0.05, 0) is 30.7 Å². The summed E-state index contributed by atoms with van der Waals surface area (Å²) in [6.07, 6.45) is 2.49. The van der Waals surface area contributed by atoms with E-state index in [9.17, 15) is 4.79 Å². The summed E-state index contributed by atoms with van der Waals surface area (Å²) in [4.78, 5) is 16.5. The Morgan fingerprint density at radius 3 is 2.96 bits per heavy atom. The number of benzene rings is 1. The van der Waals surface area contributed by atoms with E-state index in [4.69, 9.17) is 14.2 Å². The van der Waals surface area contributed by atoms with Gasteiger partial charge in [-0.15, -0.1) is 0 Å². The third kappa shape index (κ3) is 3.94. The molecule has 0 aliphatic carbocycles. The van der Waals surface area contributed by atoms with Crippen molar-refractivity contribution in [3.63, 3.8) is 0 Å². The molecular weight excluding hydrogens is 310 g/mol. The number of hydrogen-bond donors (Lipinski definition) is 2. The molecule has 126 valence electrons. The van der Waals surface area contributed by atoms with E-state index in [0.717, 1.165) is 18.7 Å². The van der Waals surface area contributed by atoms with E-state index in [0.29, 0.717) is 29.5 Å². The summed E-state index contributed by atoms with van der Waals surface area (Å²) >= 11 is 0. The molecule has 0 atom stereocenters. The van der Waals surface area contributed by atoms with Gasteiger partial charge in [-0.25, -0.2) is 0 Å². The molecule has 0 saturated heterocycles. The van der Waals surface area contributed by atoms with E-state index in [2.05, 4.69) is 15.6 Å². The summed E-state index contributed by atoms with van der Waals surface area (Å²) in [5.74, 6) is 1.01. The molecule has 0 bridgehead atoms. The van der Waals surface area contributed by atoms with Gasteiger partial charge in [0.05, 0.1) is 0 Å². The molecule has 1 aliphatic heterocycles. The quantitative estimate of drug-likeness (QED) is 0.760. The number of ether oxygens (including phenoxy) is 3. The average Bonchev–Trinajstić information content (AvgIpc) is 3.07. The highest BCUT2D eigenvalue weighted by Crippen LogP contribution is 2.34. The molecule has 1 amide bonds. The van der Waals surface area contributed by atoms with Crippen LogP contribution >= 0.6 is 0 Å². The second-order valence-electron chi connectivity index (χ2n) is 5.23. The molecule has 7 nitrogen and oxygen atoms in total. The lowest BCUT2D eigenvalue weighted by atomic mass is 10.2. The number of methoxy groups -OCH3 is 1. The van der Waals surface area contributed by atoms with E-state index in [1.54, 1.807) is 37.6 Å². The lowest BCUT2D eigenvalue weighted by Crippen LogP contribution is -2.14. The van der Waals surface area contributed by atoms with Gasteiger partial charge in [-0.3, -0.25) is 9.78 Å². The van der Waals surface area contributed by atoms with Crippen LogP contribution in [0.4, 0.5) is 11.4 Å². The summed E-state index contributed by atoms with van der Waals surface area (Å²) in [6.45, 7) is 1.65. The highest BCUT2D eigenvalue weighted by Gasteiger charge is 2.15. The molecule has 24 heavy (non-hydrogen) atoms. The van der Waals surface area contributed by atoms with Crippen LogP contribution in [0.1, 0.15) is 16.9 Å². The molecule has 0 unspecified atom stereocenters. The molecule has 3 rings (SSSR count). The summed E-state index contributed by atoms with van der Waals surface area (Å²) < 4.78 is 15.6. The maximum Gasteiger partial charge on any atom is 0.274 e. The number of nitrogens with one attached hydrogen (secondary N) is 2. The van der Waals surface area contributed by atoms with Gasteiger partial charge in [-0.2, -0.15) is 0 Å². The molecule has 0 spiro atoms. The van der Waals surface area contributed by atoms with Crippen LogP contribution in [-0.4, -0.2) is 37.9 Å². The van der Waals surface area contributed by atoms with Crippen molar-refractivity contribution < 1.29 is 19.0 Å². The van der Waals surface area contributed by atoms with Crippen molar-refractivity contribution in [2.24, 2.45) is 0 Å². The average molecular weight is 329 g/mol. The Balaban J connectivity index is 1.62. The number of rotatable bonds is 7. The molecular formula is C17H19N3O4. The van der Waals surface area contributed by atoms with Crippen LogP contribution < -0.4 is 20.1 Å². The Morgan fingerprint density at radius 1 is 1.21 bits per heavy atom. The van der Waals surface area contributed by atoms with Gasteiger partial charge in [-0.1, -0.05) is 0 Å². The second kappa shape index (κ2) is 7.65. The van der Waals surface area contributed by atoms with Crippen LogP contribution in [0.15, 0.2) is 36.5 Å². The van der Waals surface area contributed by atoms with E-state index in [1.165, 1.54) is 0 Å². The molecule has 1 aliphatic rings. The summed E-state index contributed by atoms with van der Waals surface area (Å²) in [5.41, 5.74) is 1.81. The lowest BCUT2D eigenvalue weighted by molar-refractivity contribution is 0.102. The number of carbonyl (C=O) groups is 1. The first-order valence-electron chi connectivity index (χ1n) is 7.66. The van der Waals surface area contributed by atoms with E-state index in [-0.39, 0.29) is 12.7 Å². The van der Waals surface area contributed by atoms with Crippen LogP contribution in [-0.2, 0) is 4.74 Å². The topological polar surface area (TPSA) is 81.7 Å². The van der Waals surface area contributed by atoms with Gasteiger partial charge in [0.15, 0.2) is 11.5 Å². The number of nitrogens with zero attached hydrogens (tertiary/aromatic N) is 1. The van der Waals surface area contributed by atoms with Crippen molar-refractivity contribution in [3.8, 4) is 11.5 Å². The predicted molar refractivity (Wildman–Crippen MR) is 89.7 cm³/mol. The van der Waals surface area contributed by atoms with Crippen LogP contribution in [0.2, 0.25) is 0 Å². The minimum atomic E-state index is -0.283. The minimum absolute atomic E-state index is 0.199. The smallest absolute Gasteiger partial charge is 0.274 e. The van der Waals surface area contributed by atoms with Crippen molar-refractivity contribution in [1.29, 1.82) is 0 Å². The van der Waals surface area contributed by atoms with E-state index < -0.39 is 0 Å². The Kier molecular flexibility index (Phi) is 5.12. The first-order valence-corrected chi connectivity index (χ1v) is 7.66. The normalized spacial score (nSPS) is 12.0. The molecule has 7 heteroatoms. The predicted octanol–water partition coefficient (Wildman–Crippen LogP) is 2.51. The highest BCUT2D eigenvalue weighted by atomic mass is 16.7. The monoisotopic (exact) mass is 329 g/mol. The molecule has 0 fully saturated rings. The van der Waals surface area contributed by atoms with Crippen LogP contribution in [0.3, 0.4) is 0 Å². The third-order valence-corrected chi connectivity index (χ3v) is 3.48. The molecule has 1 aromatic carbocycles. The van der Waals surface area contributed by atoms with Gasteiger partial charge in [0.1, 0.15) is 5.69 Å². The fourth-order valence-corrected chi connectivity index (χ4v) is 2.28. The van der Waals surface area contributed by atoms with Crippen molar-refractivity contribution in [3.05, 3.63) is 42.2 Å². The lowest BCUT2D eigenvalue weighted by Gasteiger charge is -2.09. The van der Waals surface area contributed by atoms with Crippen LogP contribution in [0.25, 0.3) is 0 Å². The fourth-order valence-electron chi connectivity index (χ4n) is 2.28. The summed E-state index contributed by atoms with van der Waals surface area (Å²) in [7, 11) is 1.67. The SMILES string of the molecule is COCCCNc1ccnc(C(=O)Nc2ccc3c(c2)OCO3)c1. The van der Waals surface area contributed by atoms with Gasteiger partial charge in [0, 0.05) is 43.9 Å². The van der Waals surface area contributed by atoms with Gasteiger partial charge in [0.25, 0.3) is 5.91 Å². The Morgan fingerprint density at radius 2 is 2.08 bits per heavy atom. The first kappa shape index (κ1) is 16.1. The Hall–Kier alpha value is -2.80. The molecule has 0 saturated carbocycles. The van der Waals surface area contributed by atoms with Crippen LogP contribution in [0.5, 0.6) is 11.5 Å². The fraction of sp³-hybridized carbons (Fsp3) is 0.294. The Bertz CT molecular complexity index is 721. The number of pyridine rings is 1. The van der Waals surface area contributed by atoms with Crippen LogP contribution in [0, 0.1) is 0 Å². The second-order valence-corrected chi connectivity index (χ2v) is 5.23. The van der Waals surface area contributed by atoms with Crippen molar-refractivity contribution in [2.45, 2.75) is 6.42 Å². The van der Waals surface area contributed by atoms with Crippen molar-refractivity contribution in [1.82, 2.24) is 4.98 Å². The zero-order valence-corrected chi connectivity index (χ0v) is 13.4. The van der Waals surface area contributed by atoms with E-state index in [1.807, 2.05) is 6.07 Å². The molecule has 2 N–H and O–H groups in total. The minimum Gasteiger partial charge on any atom is -0.454 e. The first-order chi connectivity index (χ1) is 11.8. The van der Waals surface area contributed by atoms with Gasteiger partial charge < -0.3 is 24.8 Å². The third-order valence-electron chi connectivity index (χ3n) is 3.48. The largest absolute Gasteiger partial charge is 0.454 e. The summed E-state index contributed by atoms with van der Waals surface area (Å²) in [5, 5.41) is 6.04. The van der Waals surface area contributed by atoms with Gasteiger partial charge >= 0.3 is 0 Å². The number of aromatic nitrogens is 1. The summed E-state index contributed by atoms with van der Waals surface area (Å²) in [6, 6.07) is 8.80. The number of anilines is 2. The maximum atomic E-state index is 12.3. The number of carbonyl (C=O) groups excluding carboxylic acids is 1. The highest BCUT2D eigenvalue weighted by molar-refractivity contribution is 6.03. The number of fused-ring (bicyclic) bond motifs is 1. The van der Waals surface area contributed by atoms with Crippen molar-refractivity contribution >= 4 is 17.3 Å². The maximum absolute atomic E-state index is 12.3. The molecule has 1 aromatic heterocycles. The molecule has 0 radical (unpaired) electrons. The zero-order valence-electron chi connectivity index (χ0n) is 13.4. The van der Waals surface area contributed by atoms with E-state index >= 15 is 0 Å². The molecule has 2 aromatic rings. The van der Waals surface area contributed by atoms with Gasteiger partial charge in [0.2, 0.25) is 6.79 Å². The number of hydrogen-bond acceptors (Lipinski definition) is 6.